The van der Waals surface area contributed by atoms with Gasteiger partial charge in [0.05, 0.1) is 0 Å². The number of rotatable bonds is 6. The summed E-state index contributed by atoms with van der Waals surface area (Å²) in [5.41, 5.74) is 0. The highest BCUT2D eigenvalue weighted by molar-refractivity contribution is 7.66. The van der Waals surface area contributed by atoms with Gasteiger partial charge in [0.25, 0.3) is 0 Å². The molecule has 0 aliphatic carbocycles. The summed E-state index contributed by atoms with van der Waals surface area (Å²) in [5.74, 6) is 0. The molecule has 1 fully saturated rings. The van der Waals surface area contributed by atoms with Crippen molar-refractivity contribution in [2.75, 3.05) is 26.2 Å². The van der Waals surface area contributed by atoms with Crippen LogP contribution in [0.15, 0.2) is 0 Å². The highest BCUT2D eigenvalue weighted by atomic mass is 31.3. The topological polar surface area (TPSA) is 210 Å². The standard InChI is InChI=1S/C4H13N2O10P3.H3N/c7-17(8,9)15-19(13,16-18(10,11)12)14-6-3-1-5-2-4-6;/h5H,1-4H2,(H2,7,8,9)(H2,10,11,12);1H3. The second-order valence-corrected chi connectivity index (χ2v) is 7.68. The van der Waals surface area contributed by atoms with Crippen molar-refractivity contribution in [2.24, 2.45) is 0 Å². The smallest absolute Gasteiger partial charge is 0.344 e. The molecule has 1 heterocycles. The van der Waals surface area contributed by atoms with E-state index in [1.54, 1.807) is 0 Å². The molecule has 0 unspecified atom stereocenters. The maximum absolute atomic E-state index is 11.8. The Bertz CT molecular complexity index is 411. The summed E-state index contributed by atoms with van der Waals surface area (Å²) in [7, 11) is -15.8. The molecule has 0 bridgehead atoms. The monoisotopic (exact) mass is 359 g/mol. The maximum atomic E-state index is 11.8. The third kappa shape index (κ3) is 8.55. The van der Waals surface area contributed by atoms with Gasteiger partial charge in [0.1, 0.15) is 0 Å². The fraction of sp³-hybridized carbons (Fsp3) is 1.00. The van der Waals surface area contributed by atoms with E-state index in [2.05, 4.69) is 18.6 Å². The summed E-state index contributed by atoms with van der Waals surface area (Å²) in [6, 6.07) is 0. The predicted octanol–water partition coefficient (Wildman–Crippen LogP) is -0.688. The summed E-state index contributed by atoms with van der Waals surface area (Å²) in [6.45, 7) is 1.12. The van der Waals surface area contributed by atoms with E-state index in [-0.39, 0.29) is 19.2 Å². The Hall–Kier alpha value is 0.290. The Kier molecular flexibility index (Phi) is 7.63. The van der Waals surface area contributed by atoms with Crippen molar-refractivity contribution in [1.82, 2.24) is 16.5 Å². The molecular weight excluding hydrogens is 343 g/mol. The molecule has 16 heteroatoms. The van der Waals surface area contributed by atoms with Crippen LogP contribution in [-0.2, 0) is 26.9 Å². The molecule has 0 atom stereocenters. The molecule has 1 aliphatic rings. The van der Waals surface area contributed by atoms with E-state index in [4.69, 9.17) is 19.6 Å². The van der Waals surface area contributed by atoms with E-state index in [9.17, 15) is 13.7 Å². The quantitative estimate of drug-likeness (QED) is 0.325. The zero-order chi connectivity index (χ0) is 14.7. The van der Waals surface area contributed by atoms with Crippen LogP contribution in [0.1, 0.15) is 0 Å². The van der Waals surface area contributed by atoms with Crippen LogP contribution in [0.3, 0.4) is 0 Å². The molecule has 20 heavy (non-hydrogen) atoms. The number of nitrogens with zero attached hydrogens (tertiary/aromatic N) is 1. The molecule has 0 saturated carbocycles. The van der Waals surface area contributed by atoms with Gasteiger partial charge in [0, 0.05) is 26.2 Å². The van der Waals surface area contributed by atoms with Crippen molar-refractivity contribution in [3.8, 4) is 0 Å². The van der Waals surface area contributed by atoms with Gasteiger partial charge in [-0.25, -0.2) is 13.7 Å². The highest BCUT2D eigenvalue weighted by Crippen LogP contribution is 2.68. The van der Waals surface area contributed by atoms with Gasteiger partial charge in [-0.15, -0.1) is 0 Å². The van der Waals surface area contributed by atoms with Crippen LogP contribution in [0.25, 0.3) is 0 Å². The van der Waals surface area contributed by atoms with Crippen molar-refractivity contribution in [3.63, 3.8) is 0 Å². The molecule has 0 spiro atoms. The minimum Gasteiger partial charge on any atom is -0.344 e. The van der Waals surface area contributed by atoms with Gasteiger partial charge in [-0.2, -0.15) is 18.3 Å². The molecule has 1 saturated heterocycles. The van der Waals surface area contributed by atoms with Gasteiger partial charge >= 0.3 is 23.5 Å². The number of hydroxylamine groups is 2. The first-order valence-electron chi connectivity index (χ1n) is 4.78. The Morgan fingerprint density at radius 3 is 1.65 bits per heavy atom. The molecular formula is C4H16N3O10P3. The van der Waals surface area contributed by atoms with Gasteiger partial charge in [-0.1, -0.05) is 0 Å². The van der Waals surface area contributed by atoms with Crippen molar-refractivity contribution in [1.29, 1.82) is 0 Å². The zero-order valence-corrected chi connectivity index (χ0v) is 12.7. The third-order valence-electron chi connectivity index (χ3n) is 1.70. The molecule has 0 aromatic rings. The lowest BCUT2D eigenvalue weighted by molar-refractivity contribution is -0.0864. The van der Waals surface area contributed by atoms with Crippen LogP contribution in [0.2, 0.25) is 0 Å². The van der Waals surface area contributed by atoms with Crippen LogP contribution in [0.4, 0.5) is 0 Å². The summed E-state index contributed by atoms with van der Waals surface area (Å²) >= 11 is 0. The zero-order valence-electron chi connectivity index (χ0n) is 10.1. The first-order chi connectivity index (χ1) is 8.49. The largest absolute Gasteiger partial charge is 0.509 e. The van der Waals surface area contributed by atoms with Gasteiger partial charge in [-0.05, 0) is 0 Å². The number of hydrogen-bond acceptors (Lipinski definition) is 9. The minimum absolute atomic E-state index is 0. The second-order valence-electron chi connectivity index (χ2n) is 3.35. The number of phosphoric acid groups is 3. The third-order valence-corrected chi connectivity index (χ3v) is 5.44. The van der Waals surface area contributed by atoms with Crippen molar-refractivity contribution in [3.05, 3.63) is 0 Å². The molecule has 13 nitrogen and oxygen atoms in total. The molecule has 0 aromatic heterocycles. The Morgan fingerprint density at radius 2 is 1.30 bits per heavy atom. The van der Waals surface area contributed by atoms with E-state index in [1.807, 2.05) is 0 Å². The lowest BCUT2D eigenvalue weighted by atomic mass is 10.4. The van der Waals surface area contributed by atoms with Crippen LogP contribution < -0.4 is 11.5 Å². The van der Waals surface area contributed by atoms with E-state index >= 15 is 0 Å². The SMILES string of the molecule is N.O=P(O)(O)OP(=O)(ON1CCNCC1)OP(=O)(O)O. The Balaban J connectivity index is 0.00000361. The molecule has 0 amide bonds. The molecule has 0 aromatic carbocycles. The fourth-order valence-corrected chi connectivity index (χ4v) is 4.33. The Morgan fingerprint density at radius 1 is 0.900 bits per heavy atom. The number of nitrogens with one attached hydrogen (secondary N) is 1. The van der Waals surface area contributed by atoms with E-state index in [1.165, 1.54) is 0 Å². The summed E-state index contributed by atoms with van der Waals surface area (Å²) in [6.07, 6.45) is 0. The van der Waals surface area contributed by atoms with Crippen molar-refractivity contribution < 1.29 is 46.5 Å². The minimum atomic E-state index is -5.34. The first kappa shape index (κ1) is 20.3. The van der Waals surface area contributed by atoms with Gasteiger partial charge in [-0.3, -0.25) is 0 Å². The lowest BCUT2D eigenvalue weighted by Gasteiger charge is -2.28. The van der Waals surface area contributed by atoms with E-state index in [0.29, 0.717) is 13.1 Å². The average Bonchev–Trinajstić information content (AvgIpc) is 2.11. The van der Waals surface area contributed by atoms with Crippen molar-refractivity contribution >= 4 is 23.5 Å². The summed E-state index contributed by atoms with van der Waals surface area (Å²) in [5, 5.41) is 3.86. The fourth-order valence-electron chi connectivity index (χ4n) is 1.17. The van der Waals surface area contributed by atoms with Crippen molar-refractivity contribution in [2.45, 2.75) is 0 Å². The van der Waals surface area contributed by atoms with E-state index < -0.39 is 23.5 Å². The summed E-state index contributed by atoms with van der Waals surface area (Å²) < 4.78 is 45.1. The van der Waals surface area contributed by atoms with E-state index in [0.717, 1.165) is 5.06 Å². The average molecular weight is 359 g/mol. The van der Waals surface area contributed by atoms with Crippen LogP contribution in [-0.4, -0.2) is 50.8 Å². The second kappa shape index (κ2) is 7.52. The van der Waals surface area contributed by atoms with Crippen LogP contribution >= 0.6 is 23.5 Å². The van der Waals surface area contributed by atoms with Gasteiger partial charge in [0.15, 0.2) is 0 Å². The highest BCUT2D eigenvalue weighted by Gasteiger charge is 2.44. The first-order valence-corrected chi connectivity index (χ1v) is 9.30. The van der Waals surface area contributed by atoms with Gasteiger partial charge < -0.3 is 31.0 Å². The predicted molar refractivity (Wildman–Crippen MR) is 64.4 cm³/mol. The van der Waals surface area contributed by atoms with Crippen LogP contribution in [0, 0.1) is 0 Å². The maximum Gasteiger partial charge on any atom is 0.509 e. The normalized spacial score (nSPS) is 18.6. The Labute approximate surface area is 113 Å². The molecule has 8 N–H and O–H groups in total. The molecule has 122 valence electrons. The molecule has 0 radical (unpaired) electrons. The summed E-state index contributed by atoms with van der Waals surface area (Å²) in [4.78, 5) is 34.2. The molecule has 1 aliphatic heterocycles. The van der Waals surface area contributed by atoms with Crippen LogP contribution in [0.5, 0.6) is 0 Å². The lowest BCUT2D eigenvalue weighted by Crippen LogP contribution is -2.42. The van der Waals surface area contributed by atoms with Gasteiger partial charge in [0.2, 0.25) is 0 Å². The number of hydrogen-bond donors (Lipinski definition) is 6. The number of piperazine rings is 1. The molecule has 1 rings (SSSR count).